The molecule has 0 aliphatic heterocycles. The van der Waals surface area contributed by atoms with E-state index in [2.05, 4.69) is 36.0 Å². The van der Waals surface area contributed by atoms with Crippen LogP contribution in [0.2, 0.25) is 0 Å². The highest BCUT2D eigenvalue weighted by Crippen LogP contribution is 2.19. The van der Waals surface area contributed by atoms with Crippen LogP contribution >= 0.6 is 0 Å². The Labute approximate surface area is 107 Å². The molecule has 0 radical (unpaired) electrons. The number of hydrogen-bond acceptors (Lipinski definition) is 5. The van der Waals surface area contributed by atoms with Crippen LogP contribution in [0.4, 0.5) is 11.5 Å². The zero-order valence-corrected chi connectivity index (χ0v) is 11.1. The van der Waals surface area contributed by atoms with E-state index < -0.39 is 4.92 Å². The van der Waals surface area contributed by atoms with Crippen molar-refractivity contribution in [2.75, 3.05) is 25.0 Å². The molecule has 0 saturated heterocycles. The van der Waals surface area contributed by atoms with Crippen molar-refractivity contribution in [1.29, 1.82) is 0 Å². The lowest BCUT2D eigenvalue weighted by atomic mass is 10.3. The van der Waals surface area contributed by atoms with E-state index in [1.807, 2.05) is 0 Å². The Bertz CT molecular complexity index is 395. The Morgan fingerprint density at radius 3 is 2.83 bits per heavy atom. The van der Waals surface area contributed by atoms with Crippen molar-refractivity contribution in [3.63, 3.8) is 0 Å². The zero-order chi connectivity index (χ0) is 13.5. The summed E-state index contributed by atoms with van der Waals surface area (Å²) in [5.41, 5.74) is 0.0186. The third kappa shape index (κ3) is 3.96. The average molecular weight is 252 g/mol. The highest BCUT2D eigenvalue weighted by Gasteiger charge is 2.14. The van der Waals surface area contributed by atoms with Gasteiger partial charge < -0.3 is 5.32 Å². The fourth-order valence-corrected chi connectivity index (χ4v) is 1.78. The van der Waals surface area contributed by atoms with Crippen LogP contribution in [0.5, 0.6) is 0 Å². The van der Waals surface area contributed by atoms with Crippen LogP contribution in [0, 0.1) is 10.1 Å². The first-order chi connectivity index (χ1) is 8.56. The fraction of sp³-hybridized carbons (Fsp3) is 0.583. The standard InChI is InChI=1S/C12H20N4O2/c1-4-15(10(2)3)9-8-14-12-11(16(17)18)6-5-7-13-12/h5-7,10H,4,8-9H2,1-3H3,(H,13,14). The lowest BCUT2D eigenvalue weighted by molar-refractivity contribution is -0.384. The van der Waals surface area contributed by atoms with Gasteiger partial charge in [-0.1, -0.05) is 6.92 Å². The molecule has 0 aliphatic rings. The molecule has 0 saturated carbocycles. The second-order valence-electron chi connectivity index (χ2n) is 4.28. The minimum Gasteiger partial charge on any atom is -0.363 e. The molecule has 0 aliphatic carbocycles. The third-order valence-electron chi connectivity index (χ3n) is 2.81. The summed E-state index contributed by atoms with van der Waals surface area (Å²) in [6.45, 7) is 8.80. The quantitative estimate of drug-likeness (QED) is 0.594. The van der Waals surface area contributed by atoms with Crippen LogP contribution in [-0.2, 0) is 0 Å². The molecule has 100 valence electrons. The highest BCUT2D eigenvalue weighted by molar-refractivity contribution is 5.54. The van der Waals surface area contributed by atoms with E-state index in [0.717, 1.165) is 13.1 Å². The van der Waals surface area contributed by atoms with Crippen molar-refractivity contribution in [3.05, 3.63) is 28.4 Å². The Hall–Kier alpha value is -1.69. The molecular weight excluding hydrogens is 232 g/mol. The number of nitrogens with one attached hydrogen (secondary N) is 1. The molecule has 18 heavy (non-hydrogen) atoms. The van der Waals surface area contributed by atoms with Crippen LogP contribution in [0.25, 0.3) is 0 Å². The summed E-state index contributed by atoms with van der Waals surface area (Å²) in [5, 5.41) is 13.8. The van der Waals surface area contributed by atoms with E-state index in [9.17, 15) is 10.1 Å². The maximum atomic E-state index is 10.8. The zero-order valence-electron chi connectivity index (χ0n) is 11.1. The molecule has 0 amide bonds. The molecule has 0 spiro atoms. The molecule has 0 bridgehead atoms. The number of likely N-dealkylation sites (N-methyl/N-ethyl adjacent to an activating group) is 1. The van der Waals surface area contributed by atoms with Crippen LogP contribution < -0.4 is 5.32 Å². The lowest BCUT2D eigenvalue weighted by Crippen LogP contribution is -2.34. The summed E-state index contributed by atoms with van der Waals surface area (Å²) in [4.78, 5) is 16.7. The average Bonchev–Trinajstić information content (AvgIpc) is 2.34. The van der Waals surface area contributed by atoms with Gasteiger partial charge in [-0.15, -0.1) is 0 Å². The summed E-state index contributed by atoms with van der Waals surface area (Å²) in [7, 11) is 0. The molecule has 0 aromatic carbocycles. The summed E-state index contributed by atoms with van der Waals surface area (Å²) in [5.74, 6) is 0.335. The van der Waals surface area contributed by atoms with Crippen molar-refractivity contribution in [2.45, 2.75) is 26.8 Å². The summed E-state index contributed by atoms with van der Waals surface area (Å²) >= 11 is 0. The van der Waals surface area contributed by atoms with Crippen molar-refractivity contribution in [3.8, 4) is 0 Å². The molecule has 0 fully saturated rings. The van der Waals surface area contributed by atoms with Gasteiger partial charge in [0.25, 0.3) is 0 Å². The highest BCUT2D eigenvalue weighted by atomic mass is 16.6. The van der Waals surface area contributed by atoms with Gasteiger partial charge in [-0.3, -0.25) is 15.0 Å². The third-order valence-corrected chi connectivity index (χ3v) is 2.81. The minimum atomic E-state index is -0.421. The van der Waals surface area contributed by atoms with Crippen molar-refractivity contribution < 1.29 is 4.92 Å². The Kier molecular flexibility index (Phi) is 5.51. The monoisotopic (exact) mass is 252 g/mol. The summed E-state index contributed by atoms with van der Waals surface area (Å²) in [6, 6.07) is 3.49. The second kappa shape index (κ2) is 6.90. The first kappa shape index (κ1) is 14.4. The first-order valence-corrected chi connectivity index (χ1v) is 6.13. The number of rotatable bonds is 7. The topological polar surface area (TPSA) is 71.3 Å². The van der Waals surface area contributed by atoms with Gasteiger partial charge in [0.15, 0.2) is 0 Å². The first-order valence-electron chi connectivity index (χ1n) is 6.13. The number of nitro groups is 1. The lowest BCUT2D eigenvalue weighted by Gasteiger charge is -2.24. The van der Waals surface area contributed by atoms with Crippen molar-refractivity contribution in [2.24, 2.45) is 0 Å². The number of aromatic nitrogens is 1. The van der Waals surface area contributed by atoms with Gasteiger partial charge in [-0.05, 0) is 26.5 Å². The predicted molar refractivity (Wildman–Crippen MR) is 71.8 cm³/mol. The summed E-state index contributed by atoms with van der Waals surface area (Å²) < 4.78 is 0. The van der Waals surface area contributed by atoms with Gasteiger partial charge in [-0.2, -0.15) is 0 Å². The predicted octanol–water partition coefficient (Wildman–Crippen LogP) is 2.13. The molecule has 1 heterocycles. The minimum absolute atomic E-state index is 0.0186. The Balaban J connectivity index is 2.56. The fourth-order valence-electron chi connectivity index (χ4n) is 1.78. The van der Waals surface area contributed by atoms with Crippen LogP contribution in [0.3, 0.4) is 0 Å². The largest absolute Gasteiger partial charge is 0.363 e. The molecule has 0 unspecified atom stereocenters. The number of nitrogens with zero attached hydrogens (tertiary/aromatic N) is 3. The van der Waals surface area contributed by atoms with E-state index >= 15 is 0 Å². The number of hydrogen-bond donors (Lipinski definition) is 1. The van der Waals surface area contributed by atoms with Crippen molar-refractivity contribution in [1.82, 2.24) is 9.88 Å². The van der Waals surface area contributed by atoms with Gasteiger partial charge in [0.1, 0.15) is 0 Å². The molecule has 1 rings (SSSR count). The molecule has 0 atom stereocenters. The normalized spacial score (nSPS) is 10.9. The molecule has 6 heteroatoms. The van der Waals surface area contributed by atoms with Crippen molar-refractivity contribution >= 4 is 11.5 Å². The second-order valence-corrected chi connectivity index (χ2v) is 4.28. The van der Waals surface area contributed by atoms with Gasteiger partial charge in [0.2, 0.25) is 5.82 Å². The smallest absolute Gasteiger partial charge is 0.311 e. The van der Waals surface area contributed by atoms with E-state index in [1.54, 1.807) is 12.3 Å². The number of anilines is 1. The maximum absolute atomic E-state index is 10.8. The van der Waals surface area contributed by atoms with E-state index in [0.29, 0.717) is 18.4 Å². The maximum Gasteiger partial charge on any atom is 0.311 e. The summed E-state index contributed by atoms with van der Waals surface area (Å²) in [6.07, 6.45) is 1.55. The molecule has 6 nitrogen and oxygen atoms in total. The molecular formula is C12H20N4O2. The van der Waals surface area contributed by atoms with Crippen LogP contribution in [-0.4, -0.2) is 40.5 Å². The molecule has 1 N–H and O–H groups in total. The molecule has 1 aromatic rings. The van der Waals surface area contributed by atoms with E-state index in [4.69, 9.17) is 0 Å². The van der Waals surface area contributed by atoms with Gasteiger partial charge in [-0.25, -0.2) is 4.98 Å². The van der Waals surface area contributed by atoms with E-state index in [1.165, 1.54) is 6.07 Å². The van der Waals surface area contributed by atoms with Gasteiger partial charge in [0.05, 0.1) is 4.92 Å². The Morgan fingerprint density at radius 1 is 1.56 bits per heavy atom. The van der Waals surface area contributed by atoms with Gasteiger partial charge >= 0.3 is 5.69 Å². The SMILES string of the molecule is CCN(CCNc1ncccc1[N+](=O)[O-])C(C)C. The molecule has 1 aromatic heterocycles. The van der Waals surface area contributed by atoms with Crippen LogP contribution in [0.1, 0.15) is 20.8 Å². The van der Waals surface area contributed by atoms with Crippen LogP contribution in [0.15, 0.2) is 18.3 Å². The Morgan fingerprint density at radius 2 is 2.28 bits per heavy atom. The van der Waals surface area contributed by atoms with Gasteiger partial charge in [0, 0.05) is 31.4 Å². The van der Waals surface area contributed by atoms with E-state index in [-0.39, 0.29) is 5.69 Å². The number of pyridine rings is 1.